The van der Waals surface area contributed by atoms with Crippen LogP contribution in [0.2, 0.25) is 5.02 Å². The van der Waals surface area contributed by atoms with Gasteiger partial charge in [0.05, 0.1) is 4.90 Å². The summed E-state index contributed by atoms with van der Waals surface area (Å²) in [6, 6.07) is 8.81. The van der Waals surface area contributed by atoms with E-state index in [1.807, 2.05) is 13.8 Å². The summed E-state index contributed by atoms with van der Waals surface area (Å²) < 4.78 is 29.0. The fourth-order valence-electron chi connectivity index (χ4n) is 3.24. The first-order chi connectivity index (χ1) is 15.3. The van der Waals surface area contributed by atoms with Gasteiger partial charge < -0.3 is 10.6 Å². The minimum atomic E-state index is -4.05. The molecule has 7 nitrogen and oxygen atoms in total. The largest absolute Gasteiger partial charge is 0.356 e. The number of nitrogens with one attached hydrogen (secondary N) is 3. The molecule has 3 N–H and O–H groups in total. The Kier molecular flexibility index (Phi) is 10.4. The second-order valence-corrected chi connectivity index (χ2v) is 9.74. The number of hydrogen-bond acceptors (Lipinski definition) is 4. The third-order valence-corrected chi connectivity index (χ3v) is 6.94. The van der Waals surface area contributed by atoms with Gasteiger partial charge in [0.15, 0.2) is 0 Å². The van der Waals surface area contributed by atoms with Crippen molar-refractivity contribution in [3.63, 3.8) is 0 Å². The molecular formula is C23H32ClN3O4S. The first-order valence-electron chi connectivity index (χ1n) is 11.0. The van der Waals surface area contributed by atoms with E-state index in [1.165, 1.54) is 12.1 Å². The molecule has 2 rings (SSSR count). The number of fused-ring (bicyclic) bond motifs is 1. The van der Waals surface area contributed by atoms with Gasteiger partial charge >= 0.3 is 0 Å². The highest BCUT2D eigenvalue weighted by molar-refractivity contribution is 7.89. The molecule has 0 saturated carbocycles. The van der Waals surface area contributed by atoms with Crippen LogP contribution in [0.3, 0.4) is 0 Å². The van der Waals surface area contributed by atoms with Crippen molar-refractivity contribution in [1.82, 2.24) is 15.4 Å². The molecule has 0 radical (unpaired) electrons. The van der Waals surface area contributed by atoms with Crippen molar-refractivity contribution < 1.29 is 18.0 Å². The number of halogens is 1. The molecule has 1 atom stereocenters. The number of hydrogen-bond donors (Lipinski definition) is 3. The van der Waals surface area contributed by atoms with Gasteiger partial charge in [-0.25, -0.2) is 8.42 Å². The molecule has 0 bridgehead atoms. The van der Waals surface area contributed by atoms with E-state index < -0.39 is 22.0 Å². The normalized spacial score (nSPS) is 12.5. The average molecular weight is 482 g/mol. The lowest BCUT2D eigenvalue weighted by atomic mass is 10.1. The van der Waals surface area contributed by atoms with Crippen molar-refractivity contribution in [3.8, 4) is 0 Å². The van der Waals surface area contributed by atoms with Gasteiger partial charge in [0.2, 0.25) is 21.8 Å². The number of sulfonamides is 1. The maximum absolute atomic E-state index is 13.2. The fourth-order valence-corrected chi connectivity index (χ4v) is 4.91. The quantitative estimate of drug-likeness (QED) is 0.379. The van der Waals surface area contributed by atoms with Crippen molar-refractivity contribution in [2.24, 2.45) is 0 Å². The van der Waals surface area contributed by atoms with Gasteiger partial charge in [-0.2, -0.15) is 4.72 Å². The number of rotatable bonds is 13. The molecule has 2 aromatic rings. The summed E-state index contributed by atoms with van der Waals surface area (Å²) in [5.74, 6) is -0.650. The van der Waals surface area contributed by atoms with Crippen molar-refractivity contribution in [1.29, 1.82) is 0 Å². The maximum Gasteiger partial charge on any atom is 0.241 e. The van der Waals surface area contributed by atoms with E-state index in [4.69, 9.17) is 11.6 Å². The highest BCUT2D eigenvalue weighted by Gasteiger charge is 2.27. The lowest BCUT2D eigenvalue weighted by Crippen LogP contribution is -2.47. The predicted molar refractivity (Wildman–Crippen MR) is 128 cm³/mol. The number of carbonyl (C=O) groups excluding carboxylic acids is 2. The molecule has 176 valence electrons. The van der Waals surface area contributed by atoms with Crippen LogP contribution in [0.1, 0.15) is 52.4 Å². The molecule has 0 heterocycles. The summed E-state index contributed by atoms with van der Waals surface area (Å²) in [4.78, 5) is 24.9. The Morgan fingerprint density at radius 1 is 0.938 bits per heavy atom. The van der Waals surface area contributed by atoms with Gasteiger partial charge in [0.25, 0.3) is 0 Å². The second kappa shape index (κ2) is 12.8. The molecule has 0 saturated heterocycles. The van der Waals surface area contributed by atoms with E-state index in [-0.39, 0.29) is 23.6 Å². The summed E-state index contributed by atoms with van der Waals surface area (Å²) in [5.41, 5.74) is 0. The first-order valence-corrected chi connectivity index (χ1v) is 12.9. The Balaban J connectivity index is 2.22. The molecule has 2 amide bonds. The zero-order valence-electron chi connectivity index (χ0n) is 18.6. The molecule has 1 unspecified atom stereocenters. The topological polar surface area (TPSA) is 104 Å². The van der Waals surface area contributed by atoms with Crippen molar-refractivity contribution in [2.45, 2.75) is 63.3 Å². The van der Waals surface area contributed by atoms with Crippen molar-refractivity contribution in [2.75, 3.05) is 13.1 Å². The third kappa shape index (κ3) is 7.46. The maximum atomic E-state index is 13.2. The fraction of sp³-hybridized carbons (Fsp3) is 0.478. The van der Waals surface area contributed by atoms with Crippen LogP contribution < -0.4 is 15.4 Å². The molecule has 0 spiro atoms. The zero-order chi connectivity index (χ0) is 23.6. The van der Waals surface area contributed by atoms with E-state index in [9.17, 15) is 18.0 Å². The van der Waals surface area contributed by atoms with E-state index in [0.717, 1.165) is 25.7 Å². The van der Waals surface area contributed by atoms with Crippen LogP contribution in [0.25, 0.3) is 10.8 Å². The van der Waals surface area contributed by atoms with Crippen LogP contribution in [0.5, 0.6) is 0 Å². The summed E-state index contributed by atoms with van der Waals surface area (Å²) >= 11 is 6.22. The lowest BCUT2D eigenvalue weighted by Gasteiger charge is -2.19. The molecule has 32 heavy (non-hydrogen) atoms. The minimum absolute atomic E-state index is 0.0382. The highest BCUT2D eigenvalue weighted by atomic mass is 35.5. The minimum Gasteiger partial charge on any atom is -0.356 e. The summed E-state index contributed by atoms with van der Waals surface area (Å²) in [6.45, 7) is 5.03. The number of benzene rings is 2. The van der Waals surface area contributed by atoms with Gasteiger partial charge in [0, 0.05) is 35.3 Å². The lowest BCUT2D eigenvalue weighted by molar-refractivity contribution is -0.123. The second-order valence-electron chi connectivity index (χ2n) is 7.65. The third-order valence-electron chi connectivity index (χ3n) is 5.08. The Labute approximate surface area is 195 Å². The van der Waals surface area contributed by atoms with Gasteiger partial charge in [-0.1, -0.05) is 62.6 Å². The Morgan fingerprint density at radius 3 is 2.22 bits per heavy atom. The molecule has 0 fully saturated rings. The van der Waals surface area contributed by atoms with E-state index in [0.29, 0.717) is 28.9 Å². The Morgan fingerprint density at radius 2 is 1.56 bits per heavy atom. The standard InChI is InChI=1S/C23H32ClN3O4S/c1-3-5-15-25-22(28)14-12-20(23(29)26-16-6-4-2)27-32(30,31)21-13-11-19(24)17-9-7-8-10-18(17)21/h7-11,13,20,27H,3-6,12,14-16H2,1-2H3,(H,25,28)(H,26,29). The molecule has 0 aliphatic heterocycles. The monoisotopic (exact) mass is 481 g/mol. The molecule has 2 aromatic carbocycles. The van der Waals surface area contributed by atoms with Gasteiger partial charge in [0.1, 0.15) is 6.04 Å². The van der Waals surface area contributed by atoms with Crippen molar-refractivity contribution >= 4 is 44.2 Å². The number of amides is 2. The van der Waals surface area contributed by atoms with Crippen LogP contribution >= 0.6 is 11.6 Å². The summed E-state index contributed by atoms with van der Waals surface area (Å²) in [7, 11) is -4.05. The van der Waals surface area contributed by atoms with Crippen LogP contribution in [0.15, 0.2) is 41.3 Å². The first kappa shape index (κ1) is 26.1. The summed E-state index contributed by atoms with van der Waals surface area (Å²) in [6.07, 6.45) is 3.60. The predicted octanol–water partition coefficient (Wildman–Crippen LogP) is 3.75. The Hall–Kier alpha value is -2.16. The number of carbonyl (C=O) groups is 2. The average Bonchev–Trinajstić information content (AvgIpc) is 2.77. The molecular weight excluding hydrogens is 450 g/mol. The van der Waals surface area contributed by atoms with Crippen LogP contribution in [-0.2, 0) is 19.6 Å². The van der Waals surface area contributed by atoms with Gasteiger partial charge in [-0.3, -0.25) is 9.59 Å². The van der Waals surface area contributed by atoms with Crippen LogP contribution in [0.4, 0.5) is 0 Å². The van der Waals surface area contributed by atoms with E-state index >= 15 is 0 Å². The van der Waals surface area contributed by atoms with Gasteiger partial charge in [-0.15, -0.1) is 0 Å². The van der Waals surface area contributed by atoms with Crippen LogP contribution in [0, 0.1) is 0 Å². The Bertz CT molecular complexity index is 1030. The smallest absolute Gasteiger partial charge is 0.241 e. The SMILES string of the molecule is CCCCNC(=O)CCC(NS(=O)(=O)c1ccc(Cl)c2ccccc12)C(=O)NCCCC. The molecule has 0 aromatic heterocycles. The van der Waals surface area contributed by atoms with Gasteiger partial charge in [-0.05, 0) is 31.4 Å². The zero-order valence-corrected chi connectivity index (χ0v) is 20.2. The van der Waals surface area contributed by atoms with E-state index in [1.54, 1.807) is 24.3 Å². The van der Waals surface area contributed by atoms with E-state index in [2.05, 4.69) is 15.4 Å². The van der Waals surface area contributed by atoms with Crippen molar-refractivity contribution in [3.05, 3.63) is 41.4 Å². The van der Waals surface area contributed by atoms with Crippen LogP contribution in [-0.4, -0.2) is 39.4 Å². The molecule has 0 aliphatic rings. The number of unbranched alkanes of at least 4 members (excludes halogenated alkanes) is 2. The summed E-state index contributed by atoms with van der Waals surface area (Å²) in [5, 5.41) is 7.07. The molecule has 9 heteroatoms. The highest BCUT2D eigenvalue weighted by Crippen LogP contribution is 2.29. The molecule has 0 aliphatic carbocycles.